The third kappa shape index (κ3) is 8.43. The van der Waals surface area contributed by atoms with Gasteiger partial charge < -0.3 is 19.3 Å². The third-order valence-corrected chi connectivity index (χ3v) is 6.24. The molecule has 1 atom stereocenters. The van der Waals surface area contributed by atoms with Crippen molar-refractivity contribution >= 4 is 37.0 Å². The van der Waals surface area contributed by atoms with Gasteiger partial charge in [-0.05, 0) is 19.3 Å². The summed E-state index contributed by atoms with van der Waals surface area (Å²) in [5.74, 6) is 0.594. The first kappa shape index (κ1) is 23.0. The zero-order valence-electron chi connectivity index (χ0n) is 14.4. The molecule has 148 valence electrons. The van der Waals surface area contributed by atoms with Crippen LogP contribution in [-0.2, 0) is 13.8 Å². The van der Waals surface area contributed by atoms with Crippen molar-refractivity contribution in [1.29, 1.82) is 0 Å². The van der Waals surface area contributed by atoms with Crippen LogP contribution in [0.4, 0.5) is 4.79 Å². The number of halogens is 2. The molecule has 0 aromatic carbocycles. The molecule has 1 unspecified atom stereocenters. The quantitative estimate of drug-likeness (QED) is 0.253. The minimum atomic E-state index is -3.31. The van der Waals surface area contributed by atoms with Crippen LogP contribution >= 0.6 is 30.9 Å². The Morgan fingerprint density at radius 3 is 2.64 bits per heavy atom. The van der Waals surface area contributed by atoms with E-state index >= 15 is 0 Å². The van der Waals surface area contributed by atoms with Crippen molar-refractivity contribution in [2.24, 2.45) is 0 Å². The Morgan fingerprint density at radius 1 is 1.32 bits per heavy atom. The number of amides is 1. The molecule has 0 aromatic rings. The second-order valence-corrected chi connectivity index (χ2v) is 8.42. The molecule has 0 bridgehead atoms. The SMILES string of the molecule is O=C1OCCCN1CCCOP(=O)(NCCCO)N(CCCl)CCCl. The van der Waals surface area contributed by atoms with Crippen molar-refractivity contribution in [1.82, 2.24) is 14.7 Å². The van der Waals surface area contributed by atoms with E-state index in [1.807, 2.05) is 0 Å². The smallest absolute Gasteiger partial charge is 0.409 e. The zero-order valence-corrected chi connectivity index (χ0v) is 16.8. The number of rotatable bonds is 14. The fourth-order valence-corrected chi connectivity index (χ4v) is 4.98. The lowest BCUT2D eigenvalue weighted by molar-refractivity contribution is 0.0707. The maximum Gasteiger partial charge on any atom is 0.409 e. The van der Waals surface area contributed by atoms with E-state index in [0.29, 0.717) is 63.9 Å². The predicted octanol–water partition coefficient (Wildman–Crippen LogP) is 2.10. The summed E-state index contributed by atoms with van der Waals surface area (Å²) in [6, 6.07) is 0. The van der Waals surface area contributed by atoms with Crippen LogP contribution in [0, 0.1) is 0 Å². The van der Waals surface area contributed by atoms with Gasteiger partial charge in [0.05, 0.1) is 13.2 Å². The average molecular weight is 420 g/mol. The van der Waals surface area contributed by atoms with Gasteiger partial charge in [-0.15, -0.1) is 23.2 Å². The molecule has 25 heavy (non-hydrogen) atoms. The van der Waals surface area contributed by atoms with E-state index < -0.39 is 7.67 Å². The number of cyclic esters (lactones) is 1. The maximum atomic E-state index is 13.2. The molecule has 0 spiro atoms. The Balaban J connectivity index is 2.53. The van der Waals surface area contributed by atoms with Crippen molar-refractivity contribution in [3.05, 3.63) is 0 Å². The summed E-state index contributed by atoms with van der Waals surface area (Å²) < 4.78 is 25.4. The van der Waals surface area contributed by atoms with Crippen molar-refractivity contribution in [2.45, 2.75) is 19.3 Å². The summed E-state index contributed by atoms with van der Waals surface area (Å²) in [6.07, 6.45) is 1.49. The highest BCUT2D eigenvalue weighted by Crippen LogP contribution is 2.46. The summed E-state index contributed by atoms with van der Waals surface area (Å²) in [7, 11) is -3.31. The van der Waals surface area contributed by atoms with E-state index in [9.17, 15) is 9.36 Å². The van der Waals surface area contributed by atoms with Crippen molar-refractivity contribution < 1.29 is 23.7 Å². The summed E-state index contributed by atoms with van der Waals surface area (Å²) in [6.45, 7) is 2.92. The van der Waals surface area contributed by atoms with Gasteiger partial charge >= 0.3 is 13.8 Å². The molecular weight excluding hydrogens is 392 g/mol. The standard InChI is InChI=1S/C14H28Cl2N3O5P/c15-4-9-19(10-5-16)25(22,17-6-1-11-20)24-13-3-8-18-7-2-12-23-14(18)21/h20H,1-13H2,(H,17,22). The molecule has 1 amide bonds. The maximum absolute atomic E-state index is 13.2. The van der Waals surface area contributed by atoms with E-state index in [2.05, 4.69) is 5.09 Å². The van der Waals surface area contributed by atoms with Gasteiger partial charge in [-0.25, -0.2) is 14.6 Å². The Morgan fingerprint density at radius 2 is 2.04 bits per heavy atom. The highest BCUT2D eigenvalue weighted by molar-refractivity contribution is 7.54. The summed E-state index contributed by atoms with van der Waals surface area (Å²) in [5.41, 5.74) is 0. The topological polar surface area (TPSA) is 91.3 Å². The van der Waals surface area contributed by atoms with Crippen molar-refractivity contribution in [3.63, 3.8) is 0 Å². The zero-order chi connectivity index (χ0) is 18.5. The van der Waals surface area contributed by atoms with E-state index in [-0.39, 0.29) is 19.3 Å². The van der Waals surface area contributed by atoms with E-state index in [0.717, 1.165) is 6.42 Å². The lowest BCUT2D eigenvalue weighted by Gasteiger charge is -2.31. The minimum Gasteiger partial charge on any atom is -0.449 e. The Hall–Kier alpha value is -0.0800. The van der Waals surface area contributed by atoms with Gasteiger partial charge in [0.15, 0.2) is 0 Å². The Bertz CT molecular complexity index is 427. The number of hydrogen-bond donors (Lipinski definition) is 2. The second-order valence-electron chi connectivity index (χ2n) is 5.48. The molecule has 1 saturated heterocycles. The van der Waals surface area contributed by atoms with Crippen LogP contribution in [0.3, 0.4) is 0 Å². The van der Waals surface area contributed by atoms with Crippen LogP contribution in [-0.4, -0.2) is 85.1 Å². The normalized spacial score (nSPS) is 17.6. The lowest BCUT2D eigenvalue weighted by Crippen LogP contribution is -2.38. The molecule has 1 heterocycles. The average Bonchev–Trinajstić information content (AvgIpc) is 2.60. The summed E-state index contributed by atoms with van der Waals surface area (Å²) in [5, 5.41) is 11.8. The number of hydrogen-bond acceptors (Lipinski definition) is 5. The first-order chi connectivity index (χ1) is 12.1. The molecule has 1 fully saturated rings. The van der Waals surface area contributed by atoms with Gasteiger partial charge in [0.1, 0.15) is 0 Å². The first-order valence-electron chi connectivity index (χ1n) is 8.47. The number of aliphatic hydroxyl groups excluding tert-OH is 1. The molecule has 1 aliphatic heterocycles. The highest BCUT2D eigenvalue weighted by Gasteiger charge is 2.31. The number of carbonyl (C=O) groups excluding carboxylic acids is 1. The van der Waals surface area contributed by atoms with E-state index in [1.54, 1.807) is 9.57 Å². The van der Waals surface area contributed by atoms with Gasteiger partial charge in [0.2, 0.25) is 0 Å². The fraction of sp³-hybridized carbons (Fsp3) is 0.929. The van der Waals surface area contributed by atoms with Gasteiger partial charge in [-0.3, -0.25) is 4.57 Å². The second kappa shape index (κ2) is 13.1. The van der Waals surface area contributed by atoms with Crippen LogP contribution in [0.5, 0.6) is 0 Å². The summed E-state index contributed by atoms with van der Waals surface area (Å²) >= 11 is 11.6. The van der Waals surface area contributed by atoms with Crippen LogP contribution in [0.1, 0.15) is 19.3 Å². The molecule has 0 aromatic heterocycles. The molecule has 11 heteroatoms. The van der Waals surface area contributed by atoms with Gasteiger partial charge in [0.25, 0.3) is 0 Å². The number of carbonyl (C=O) groups is 1. The van der Waals surface area contributed by atoms with E-state index in [1.165, 1.54) is 0 Å². The molecule has 1 rings (SSSR count). The Labute approximate surface area is 159 Å². The van der Waals surface area contributed by atoms with Gasteiger partial charge in [-0.2, -0.15) is 0 Å². The molecule has 0 saturated carbocycles. The number of nitrogens with zero attached hydrogens (tertiary/aromatic N) is 2. The molecular formula is C14H28Cl2N3O5P. The monoisotopic (exact) mass is 419 g/mol. The predicted molar refractivity (Wildman–Crippen MR) is 98.4 cm³/mol. The van der Waals surface area contributed by atoms with Gasteiger partial charge in [0, 0.05) is 51.1 Å². The lowest BCUT2D eigenvalue weighted by atomic mass is 10.3. The van der Waals surface area contributed by atoms with Crippen LogP contribution in [0.25, 0.3) is 0 Å². The molecule has 2 N–H and O–H groups in total. The van der Waals surface area contributed by atoms with Crippen LogP contribution in [0.2, 0.25) is 0 Å². The number of ether oxygens (including phenoxy) is 1. The van der Waals surface area contributed by atoms with Crippen LogP contribution < -0.4 is 5.09 Å². The number of aliphatic hydroxyl groups is 1. The minimum absolute atomic E-state index is 0.00488. The number of alkyl halides is 2. The van der Waals surface area contributed by atoms with Crippen molar-refractivity contribution in [3.8, 4) is 0 Å². The number of nitrogens with one attached hydrogen (secondary N) is 1. The van der Waals surface area contributed by atoms with Crippen LogP contribution in [0.15, 0.2) is 0 Å². The Kier molecular flexibility index (Phi) is 12.1. The fourth-order valence-electron chi connectivity index (χ4n) is 2.34. The van der Waals surface area contributed by atoms with E-state index in [4.69, 9.17) is 37.6 Å². The summed E-state index contributed by atoms with van der Waals surface area (Å²) in [4.78, 5) is 13.2. The molecule has 8 nitrogen and oxygen atoms in total. The first-order valence-corrected chi connectivity index (χ1v) is 11.1. The highest BCUT2D eigenvalue weighted by atomic mass is 35.5. The largest absolute Gasteiger partial charge is 0.449 e. The van der Waals surface area contributed by atoms with Gasteiger partial charge in [-0.1, -0.05) is 0 Å². The third-order valence-electron chi connectivity index (χ3n) is 3.60. The molecule has 0 aliphatic carbocycles. The molecule has 1 aliphatic rings. The van der Waals surface area contributed by atoms with Crippen molar-refractivity contribution in [2.75, 3.05) is 64.3 Å². The molecule has 0 radical (unpaired) electrons.